The van der Waals surface area contributed by atoms with E-state index in [1.165, 1.54) is 6.07 Å². The van der Waals surface area contributed by atoms with Crippen molar-refractivity contribution in [1.82, 2.24) is 10.6 Å². The van der Waals surface area contributed by atoms with Crippen molar-refractivity contribution in [1.29, 1.82) is 0 Å². The number of hydrogen-bond acceptors (Lipinski definition) is 2. The average molecular weight is 370 g/mol. The molecule has 0 saturated heterocycles. The molecule has 0 aliphatic rings. The Kier molecular flexibility index (Phi) is 7.53. The van der Waals surface area contributed by atoms with Crippen LogP contribution >= 0.6 is 0 Å². The maximum absolute atomic E-state index is 13.8. The molecule has 144 valence electrons. The molecule has 2 unspecified atom stereocenters. The van der Waals surface area contributed by atoms with Crippen LogP contribution in [0.15, 0.2) is 54.6 Å². The second kappa shape index (κ2) is 9.86. The van der Waals surface area contributed by atoms with Gasteiger partial charge in [-0.25, -0.2) is 4.39 Å². The first-order chi connectivity index (χ1) is 12.9. The molecule has 0 aliphatic carbocycles. The molecule has 5 heteroatoms. The lowest BCUT2D eigenvalue weighted by Gasteiger charge is -2.22. The van der Waals surface area contributed by atoms with Gasteiger partial charge in [-0.2, -0.15) is 0 Å². The highest BCUT2D eigenvalue weighted by molar-refractivity contribution is 5.88. The summed E-state index contributed by atoms with van der Waals surface area (Å²) in [6.07, 6.45) is 0.723. The van der Waals surface area contributed by atoms with Crippen molar-refractivity contribution in [3.63, 3.8) is 0 Å². The Hall–Kier alpha value is -2.69. The van der Waals surface area contributed by atoms with E-state index in [2.05, 4.69) is 10.6 Å². The minimum atomic E-state index is -0.777. The molecular weight excluding hydrogens is 343 g/mol. The second-order valence-electron chi connectivity index (χ2n) is 7.21. The van der Waals surface area contributed by atoms with Crippen LogP contribution in [0, 0.1) is 11.7 Å². The number of carbonyl (C=O) groups excluding carboxylic acids is 2. The Bertz CT molecular complexity index is 762. The highest BCUT2D eigenvalue weighted by Gasteiger charge is 2.24. The Morgan fingerprint density at radius 3 is 2.19 bits per heavy atom. The molecule has 0 heterocycles. The van der Waals surface area contributed by atoms with Gasteiger partial charge in [0.15, 0.2) is 0 Å². The van der Waals surface area contributed by atoms with Gasteiger partial charge in [-0.3, -0.25) is 9.59 Å². The Balaban J connectivity index is 2.08. The number of rotatable bonds is 8. The van der Waals surface area contributed by atoms with Crippen LogP contribution in [0.25, 0.3) is 0 Å². The molecule has 2 N–H and O–H groups in total. The molecule has 4 nitrogen and oxygen atoms in total. The molecule has 2 rings (SSSR count). The second-order valence-corrected chi connectivity index (χ2v) is 7.21. The summed E-state index contributed by atoms with van der Waals surface area (Å²) in [7, 11) is 0. The molecule has 2 amide bonds. The lowest BCUT2D eigenvalue weighted by atomic mass is 10.0. The molecule has 27 heavy (non-hydrogen) atoms. The molecule has 0 bridgehead atoms. The van der Waals surface area contributed by atoms with Crippen molar-refractivity contribution < 1.29 is 14.0 Å². The van der Waals surface area contributed by atoms with E-state index in [1.807, 2.05) is 39.0 Å². The lowest BCUT2D eigenvalue weighted by molar-refractivity contribution is -0.129. The minimum Gasteiger partial charge on any atom is -0.351 e. The third-order valence-electron chi connectivity index (χ3n) is 4.17. The van der Waals surface area contributed by atoms with Gasteiger partial charge in [-0.05, 0) is 36.5 Å². The number of amides is 2. The minimum absolute atomic E-state index is 0.171. The Morgan fingerprint density at radius 2 is 1.56 bits per heavy atom. The molecule has 0 aromatic heterocycles. The lowest BCUT2D eigenvalue weighted by Crippen LogP contribution is -2.44. The van der Waals surface area contributed by atoms with Crippen molar-refractivity contribution in [2.75, 3.05) is 0 Å². The van der Waals surface area contributed by atoms with Crippen LogP contribution in [0.2, 0.25) is 0 Å². The monoisotopic (exact) mass is 370 g/mol. The van der Waals surface area contributed by atoms with Crippen molar-refractivity contribution in [2.45, 2.75) is 45.7 Å². The van der Waals surface area contributed by atoms with E-state index < -0.39 is 6.04 Å². The molecule has 2 aromatic carbocycles. The maximum atomic E-state index is 13.8. The summed E-state index contributed by atoms with van der Waals surface area (Å²) < 4.78 is 13.8. The maximum Gasteiger partial charge on any atom is 0.247 e. The van der Waals surface area contributed by atoms with E-state index >= 15 is 0 Å². The van der Waals surface area contributed by atoms with E-state index in [4.69, 9.17) is 0 Å². The first-order valence-electron chi connectivity index (χ1n) is 9.25. The van der Waals surface area contributed by atoms with Crippen LogP contribution < -0.4 is 10.6 Å². The summed E-state index contributed by atoms with van der Waals surface area (Å²) in [5.41, 5.74) is 1.26. The van der Waals surface area contributed by atoms with Crippen LogP contribution in [0.3, 0.4) is 0 Å². The average Bonchev–Trinajstić information content (AvgIpc) is 2.61. The van der Waals surface area contributed by atoms with Gasteiger partial charge in [0.1, 0.15) is 11.9 Å². The molecule has 0 spiro atoms. The fourth-order valence-electron chi connectivity index (χ4n) is 2.91. The van der Waals surface area contributed by atoms with Crippen molar-refractivity contribution in [3.05, 3.63) is 71.5 Å². The molecule has 0 fully saturated rings. The summed E-state index contributed by atoms with van der Waals surface area (Å²) >= 11 is 0. The van der Waals surface area contributed by atoms with E-state index in [1.54, 1.807) is 30.3 Å². The summed E-state index contributed by atoms with van der Waals surface area (Å²) in [5.74, 6) is -0.564. The number of carbonyl (C=O) groups is 2. The van der Waals surface area contributed by atoms with Gasteiger partial charge in [0.05, 0.1) is 0 Å². The summed E-state index contributed by atoms with van der Waals surface area (Å²) in [6, 6.07) is 14.6. The van der Waals surface area contributed by atoms with Gasteiger partial charge >= 0.3 is 0 Å². The molecule has 0 radical (unpaired) electrons. The van der Waals surface area contributed by atoms with E-state index in [0.717, 1.165) is 0 Å². The van der Waals surface area contributed by atoms with Crippen LogP contribution in [0.4, 0.5) is 4.39 Å². The SMILES string of the molecule is CC(C)CC(=O)NC(C(=O)NC(C)Cc1ccccc1F)c1ccccc1. The standard InChI is InChI=1S/C22H27FN2O2/c1-15(2)13-20(26)25-21(17-9-5-4-6-10-17)22(27)24-16(3)14-18-11-7-8-12-19(18)23/h4-12,15-16,21H,13-14H2,1-3H3,(H,24,27)(H,25,26). The quantitative estimate of drug-likeness (QED) is 0.743. The van der Waals surface area contributed by atoms with E-state index in [-0.39, 0.29) is 29.6 Å². The van der Waals surface area contributed by atoms with Crippen LogP contribution in [0.5, 0.6) is 0 Å². The molecule has 0 saturated carbocycles. The molecule has 2 aromatic rings. The number of hydrogen-bond donors (Lipinski definition) is 2. The van der Waals surface area contributed by atoms with Gasteiger partial charge < -0.3 is 10.6 Å². The Labute approximate surface area is 160 Å². The summed E-state index contributed by atoms with van der Waals surface area (Å²) in [6.45, 7) is 5.73. The number of nitrogens with one attached hydrogen (secondary N) is 2. The summed E-state index contributed by atoms with van der Waals surface area (Å²) in [5, 5.41) is 5.71. The van der Waals surface area contributed by atoms with Crippen LogP contribution in [-0.2, 0) is 16.0 Å². The topological polar surface area (TPSA) is 58.2 Å². The van der Waals surface area contributed by atoms with Crippen LogP contribution in [-0.4, -0.2) is 17.9 Å². The molecular formula is C22H27FN2O2. The van der Waals surface area contributed by atoms with Crippen molar-refractivity contribution >= 4 is 11.8 Å². The van der Waals surface area contributed by atoms with Gasteiger partial charge in [0, 0.05) is 12.5 Å². The highest BCUT2D eigenvalue weighted by atomic mass is 19.1. The summed E-state index contributed by atoms with van der Waals surface area (Å²) in [4.78, 5) is 25.1. The third-order valence-corrected chi connectivity index (χ3v) is 4.17. The van der Waals surface area contributed by atoms with Gasteiger partial charge in [0.2, 0.25) is 11.8 Å². The predicted molar refractivity (Wildman–Crippen MR) is 104 cm³/mol. The van der Waals surface area contributed by atoms with Gasteiger partial charge in [0.25, 0.3) is 0 Å². The van der Waals surface area contributed by atoms with E-state index in [0.29, 0.717) is 24.0 Å². The van der Waals surface area contributed by atoms with Gasteiger partial charge in [-0.15, -0.1) is 0 Å². The normalized spacial score (nSPS) is 13.1. The van der Waals surface area contributed by atoms with Crippen molar-refractivity contribution in [2.24, 2.45) is 5.92 Å². The largest absolute Gasteiger partial charge is 0.351 e. The molecule has 0 aliphatic heterocycles. The van der Waals surface area contributed by atoms with Gasteiger partial charge in [-0.1, -0.05) is 62.4 Å². The van der Waals surface area contributed by atoms with Crippen LogP contribution in [0.1, 0.15) is 44.4 Å². The third kappa shape index (κ3) is 6.51. The number of benzene rings is 2. The fourth-order valence-corrected chi connectivity index (χ4v) is 2.91. The predicted octanol–water partition coefficient (Wildman–Crippen LogP) is 3.78. The smallest absolute Gasteiger partial charge is 0.247 e. The Morgan fingerprint density at radius 1 is 0.926 bits per heavy atom. The highest BCUT2D eigenvalue weighted by Crippen LogP contribution is 2.15. The first kappa shape index (κ1) is 20.6. The number of halogens is 1. The van der Waals surface area contributed by atoms with E-state index in [9.17, 15) is 14.0 Å². The zero-order chi connectivity index (χ0) is 19.8. The zero-order valence-corrected chi connectivity index (χ0v) is 16.0. The molecule has 2 atom stereocenters. The fraction of sp³-hybridized carbons (Fsp3) is 0.364. The van der Waals surface area contributed by atoms with Crippen molar-refractivity contribution in [3.8, 4) is 0 Å². The zero-order valence-electron chi connectivity index (χ0n) is 16.0. The first-order valence-corrected chi connectivity index (χ1v) is 9.25.